The number of ether oxygens (including phenoxy) is 1. The summed E-state index contributed by atoms with van der Waals surface area (Å²) in [4.78, 5) is 26.3. The Hall–Kier alpha value is -3.48. The van der Waals surface area contributed by atoms with E-state index in [0.717, 1.165) is 54.6 Å². The minimum atomic E-state index is -0.496. The number of nitrogens with zero attached hydrogens (tertiary/aromatic N) is 3. The standard InChI is InChI=1S/C32H40N4O3/c1-21(2)24-12-14-26-25(13-15-27-31(26,3)16-9-17-32(27,4)30(38)39-5)29(24)33-28(37)20-36-19-23(34-35-36)18-22-10-7-6-8-11-22/h6-8,10-12,14,19,21,27H,9,13,15-18,20H2,1-5H3,(H,33,37)/t27-,31-,32-/m1/s1. The molecule has 1 saturated carbocycles. The third-order valence-corrected chi connectivity index (χ3v) is 9.23. The van der Waals surface area contributed by atoms with Crippen LogP contribution in [-0.2, 0) is 39.1 Å². The van der Waals surface area contributed by atoms with Gasteiger partial charge in [0.25, 0.3) is 0 Å². The lowest BCUT2D eigenvalue weighted by atomic mass is 9.49. The molecule has 0 aliphatic heterocycles. The fourth-order valence-electron chi connectivity index (χ4n) is 7.32. The fraction of sp³-hybridized carbons (Fsp3) is 0.500. The van der Waals surface area contributed by atoms with E-state index in [-0.39, 0.29) is 35.7 Å². The van der Waals surface area contributed by atoms with Gasteiger partial charge in [0.2, 0.25) is 5.91 Å². The number of hydrogen-bond acceptors (Lipinski definition) is 5. The summed E-state index contributed by atoms with van der Waals surface area (Å²) in [5, 5.41) is 11.8. The first-order chi connectivity index (χ1) is 18.7. The van der Waals surface area contributed by atoms with Crippen LogP contribution in [0.25, 0.3) is 0 Å². The number of carbonyl (C=O) groups excluding carboxylic acids is 2. The van der Waals surface area contributed by atoms with Gasteiger partial charge in [-0.1, -0.05) is 74.9 Å². The third kappa shape index (κ3) is 4.99. The van der Waals surface area contributed by atoms with Gasteiger partial charge in [-0.25, -0.2) is 4.68 Å². The van der Waals surface area contributed by atoms with Crippen LogP contribution in [-0.4, -0.2) is 34.0 Å². The quantitative estimate of drug-likeness (QED) is 0.391. The zero-order chi connectivity index (χ0) is 27.8. The smallest absolute Gasteiger partial charge is 0.311 e. The van der Waals surface area contributed by atoms with E-state index in [2.05, 4.69) is 67.6 Å². The summed E-state index contributed by atoms with van der Waals surface area (Å²) in [6.45, 7) is 8.81. The minimum absolute atomic E-state index is 0.100. The van der Waals surface area contributed by atoms with Gasteiger partial charge in [0.1, 0.15) is 6.54 Å². The number of rotatable bonds is 7. The van der Waals surface area contributed by atoms with Crippen LogP contribution in [0.4, 0.5) is 5.69 Å². The maximum absolute atomic E-state index is 13.3. The number of esters is 1. The summed E-state index contributed by atoms with van der Waals surface area (Å²) in [5.41, 5.74) is 5.89. The number of amides is 1. The van der Waals surface area contributed by atoms with Crippen molar-refractivity contribution in [2.75, 3.05) is 12.4 Å². The fourth-order valence-corrected chi connectivity index (χ4v) is 7.32. The molecular weight excluding hydrogens is 488 g/mol. The van der Waals surface area contributed by atoms with E-state index in [0.29, 0.717) is 6.42 Å². The predicted molar refractivity (Wildman–Crippen MR) is 152 cm³/mol. The zero-order valence-electron chi connectivity index (χ0n) is 23.8. The van der Waals surface area contributed by atoms with Gasteiger partial charge < -0.3 is 10.1 Å². The molecular formula is C32H40N4O3. The third-order valence-electron chi connectivity index (χ3n) is 9.23. The molecule has 1 N–H and O–H groups in total. The van der Waals surface area contributed by atoms with Crippen molar-refractivity contribution in [3.8, 4) is 0 Å². The van der Waals surface area contributed by atoms with Crippen LogP contribution in [0.2, 0.25) is 0 Å². The van der Waals surface area contributed by atoms with Crippen molar-refractivity contribution < 1.29 is 14.3 Å². The van der Waals surface area contributed by atoms with E-state index in [1.54, 1.807) is 4.68 Å². The Morgan fingerprint density at radius 2 is 1.90 bits per heavy atom. The van der Waals surface area contributed by atoms with Gasteiger partial charge in [0.15, 0.2) is 0 Å². The molecule has 7 nitrogen and oxygen atoms in total. The Kier molecular flexibility index (Phi) is 7.36. The molecule has 2 aliphatic rings. The van der Waals surface area contributed by atoms with Crippen molar-refractivity contribution in [3.05, 3.63) is 76.6 Å². The molecule has 1 fully saturated rings. The van der Waals surface area contributed by atoms with Gasteiger partial charge in [0, 0.05) is 18.3 Å². The van der Waals surface area contributed by atoms with Crippen molar-refractivity contribution >= 4 is 17.6 Å². The Bertz CT molecular complexity index is 1360. The monoisotopic (exact) mass is 528 g/mol. The van der Waals surface area contributed by atoms with Crippen LogP contribution in [0.5, 0.6) is 0 Å². The highest BCUT2D eigenvalue weighted by Crippen LogP contribution is 2.58. The highest BCUT2D eigenvalue weighted by Gasteiger charge is 2.56. The van der Waals surface area contributed by atoms with Gasteiger partial charge in [-0.3, -0.25) is 9.59 Å². The van der Waals surface area contributed by atoms with Gasteiger partial charge in [-0.15, -0.1) is 5.10 Å². The second kappa shape index (κ2) is 10.6. The first-order valence-corrected chi connectivity index (χ1v) is 14.1. The highest BCUT2D eigenvalue weighted by molar-refractivity contribution is 5.93. The Labute approximate surface area is 231 Å². The topological polar surface area (TPSA) is 86.1 Å². The van der Waals surface area contributed by atoms with Gasteiger partial charge in [0.05, 0.1) is 18.2 Å². The van der Waals surface area contributed by atoms with Gasteiger partial charge in [-0.05, 0) is 72.1 Å². The summed E-state index contributed by atoms with van der Waals surface area (Å²) in [7, 11) is 1.50. The first kappa shape index (κ1) is 27.1. The average Bonchev–Trinajstić information content (AvgIpc) is 3.34. The number of carbonyl (C=O) groups is 2. The molecule has 0 spiro atoms. The van der Waals surface area contributed by atoms with E-state index in [4.69, 9.17) is 4.74 Å². The summed E-state index contributed by atoms with van der Waals surface area (Å²) >= 11 is 0. The molecule has 0 unspecified atom stereocenters. The van der Waals surface area contributed by atoms with Crippen molar-refractivity contribution in [1.29, 1.82) is 0 Å². The zero-order valence-corrected chi connectivity index (χ0v) is 23.8. The molecule has 0 radical (unpaired) electrons. The van der Waals surface area contributed by atoms with Gasteiger partial charge in [-0.2, -0.15) is 0 Å². The van der Waals surface area contributed by atoms with E-state index in [9.17, 15) is 9.59 Å². The van der Waals surface area contributed by atoms with E-state index < -0.39 is 5.41 Å². The number of anilines is 1. The number of aromatic nitrogens is 3. The van der Waals surface area contributed by atoms with E-state index in [1.165, 1.54) is 18.2 Å². The molecule has 3 aromatic rings. The molecule has 2 aliphatic carbocycles. The van der Waals surface area contributed by atoms with E-state index >= 15 is 0 Å². The van der Waals surface area contributed by atoms with Crippen LogP contribution >= 0.6 is 0 Å². The van der Waals surface area contributed by atoms with Crippen LogP contribution in [0.1, 0.15) is 87.2 Å². The van der Waals surface area contributed by atoms with Gasteiger partial charge >= 0.3 is 5.97 Å². The molecule has 1 heterocycles. The Morgan fingerprint density at radius 1 is 1.13 bits per heavy atom. The molecule has 7 heteroatoms. The lowest BCUT2D eigenvalue weighted by molar-refractivity contribution is -0.161. The molecule has 3 atom stereocenters. The second-order valence-corrected chi connectivity index (χ2v) is 12.1. The molecule has 39 heavy (non-hydrogen) atoms. The molecule has 5 rings (SSSR count). The summed E-state index contributed by atoms with van der Waals surface area (Å²) in [5.74, 6) is 0.238. The summed E-state index contributed by atoms with van der Waals surface area (Å²) in [6.07, 6.45) is 7.09. The lowest BCUT2D eigenvalue weighted by Crippen LogP contribution is -2.52. The van der Waals surface area contributed by atoms with Crippen LogP contribution in [0, 0.1) is 11.3 Å². The molecule has 2 aromatic carbocycles. The van der Waals surface area contributed by atoms with Crippen molar-refractivity contribution in [3.63, 3.8) is 0 Å². The van der Waals surface area contributed by atoms with Crippen LogP contribution < -0.4 is 5.32 Å². The number of hydrogen-bond donors (Lipinski definition) is 1. The van der Waals surface area contributed by atoms with Crippen LogP contribution in [0.3, 0.4) is 0 Å². The van der Waals surface area contributed by atoms with Crippen LogP contribution in [0.15, 0.2) is 48.7 Å². The van der Waals surface area contributed by atoms with Crippen molar-refractivity contribution in [2.45, 2.75) is 84.1 Å². The number of methoxy groups -OCH3 is 1. The van der Waals surface area contributed by atoms with Crippen molar-refractivity contribution in [2.24, 2.45) is 11.3 Å². The molecule has 0 saturated heterocycles. The minimum Gasteiger partial charge on any atom is -0.469 e. The summed E-state index contributed by atoms with van der Waals surface area (Å²) in [6, 6.07) is 14.5. The molecule has 206 valence electrons. The molecule has 1 amide bonds. The Morgan fingerprint density at radius 3 is 2.62 bits per heavy atom. The molecule has 0 bridgehead atoms. The first-order valence-electron chi connectivity index (χ1n) is 14.1. The summed E-state index contributed by atoms with van der Waals surface area (Å²) < 4.78 is 6.89. The number of benzene rings is 2. The number of nitrogens with one attached hydrogen (secondary N) is 1. The van der Waals surface area contributed by atoms with Crippen molar-refractivity contribution in [1.82, 2.24) is 15.0 Å². The lowest BCUT2D eigenvalue weighted by Gasteiger charge is -2.54. The van der Waals surface area contributed by atoms with E-state index in [1.807, 2.05) is 24.4 Å². The second-order valence-electron chi connectivity index (χ2n) is 12.1. The molecule has 1 aromatic heterocycles. The highest BCUT2D eigenvalue weighted by atomic mass is 16.5. The Balaban J connectivity index is 1.41. The predicted octanol–water partition coefficient (Wildman–Crippen LogP) is 5.81. The SMILES string of the molecule is COC(=O)[C@]1(C)CCC[C@]2(C)c3ccc(C(C)C)c(NC(=O)Cn4cc(Cc5ccccc5)nn4)c3CC[C@@H]12. The normalized spacial score (nSPS) is 24.1. The maximum Gasteiger partial charge on any atom is 0.311 e. The largest absolute Gasteiger partial charge is 0.469 e. The number of fused-ring (bicyclic) bond motifs is 3. The maximum atomic E-state index is 13.3. The average molecular weight is 529 g/mol.